The van der Waals surface area contributed by atoms with Crippen LogP contribution in [0.1, 0.15) is 103 Å². The maximum absolute atomic E-state index is 5.65. The van der Waals surface area contributed by atoms with E-state index in [2.05, 4.69) is 26.6 Å². The van der Waals surface area contributed by atoms with Crippen LogP contribution in [0.5, 0.6) is 0 Å². The number of hydrogen-bond donors (Lipinski definition) is 0. The SMILES string of the molecule is CO[Si](C)(CCCCCCC(C)(CCCCCC[Si](C)(OC)OC)CCCCCC[Si](C)(OC)OC)OC. The van der Waals surface area contributed by atoms with Crippen molar-refractivity contribution in [3.8, 4) is 0 Å². The van der Waals surface area contributed by atoms with Gasteiger partial charge >= 0.3 is 25.7 Å². The van der Waals surface area contributed by atoms with E-state index in [1.165, 1.54) is 96.3 Å². The summed E-state index contributed by atoms with van der Waals surface area (Å²) in [7, 11) is 5.05. The third-order valence-corrected chi connectivity index (χ3v) is 18.0. The van der Waals surface area contributed by atoms with E-state index < -0.39 is 25.7 Å². The molecule has 0 radical (unpaired) electrons. The highest BCUT2D eigenvalue weighted by molar-refractivity contribution is 6.66. The van der Waals surface area contributed by atoms with Crippen molar-refractivity contribution in [1.29, 1.82) is 0 Å². The lowest BCUT2D eigenvalue weighted by molar-refractivity contribution is 0.221. The first-order valence-electron chi connectivity index (χ1n) is 15.3. The molecule has 0 aliphatic rings. The van der Waals surface area contributed by atoms with Crippen LogP contribution in [0.4, 0.5) is 0 Å². The van der Waals surface area contributed by atoms with Crippen LogP contribution in [-0.4, -0.2) is 68.3 Å². The molecular weight excluding hydrogens is 529 g/mol. The minimum Gasteiger partial charge on any atom is -0.398 e. The van der Waals surface area contributed by atoms with Gasteiger partial charge in [0, 0.05) is 42.7 Å². The molecule has 0 unspecified atom stereocenters. The average molecular weight is 595 g/mol. The molecule has 9 heteroatoms. The van der Waals surface area contributed by atoms with Gasteiger partial charge in [-0.2, -0.15) is 0 Å². The summed E-state index contributed by atoms with van der Waals surface area (Å²) in [5.41, 5.74) is 0.465. The molecule has 0 saturated carbocycles. The van der Waals surface area contributed by atoms with Crippen molar-refractivity contribution in [3.05, 3.63) is 0 Å². The van der Waals surface area contributed by atoms with Gasteiger partial charge < -0.3 is 26.6 Å². The van der Waals surface area contributed by atoms with Crippen molar-refractivity contribution in [2.45, 2.75) is 141 Å². The zero-order chi connectivity index (χ0) is 29.0. The van der Waals surface area contributed by atoms with Gasteiger partial charge in [-0.3, -0.25) is 0 Å². The molecule has 0 aromatic carbocycles. The van der Waals surface area contributed by atoms with E-state index in [4.69, 9.17) is 26.6 Å². The molecule has 0 amide bonds. The van der Waals surface area contributed by atoms with Crippen LogP contribution in [0.25, 0.3) is 0 Å². The Morgan fingerprint density at radius 2 is 0.579 bits per heavy atom. The highest BCUT2D eigenvalue weighted by Crippen LogP contribution is 2.37. The van der Waals surface area contributed by atoms with Crippen LogP contribution >= 0.6 is 0 Å². The Kier molecular flexibility index (Phi) is 21.4. The molecule has 0 bridgehead atoms. The Hall–Kier alpha value is 0.411. The summed E-state index contributed by atoms with van der Waals surface area (Å²) in [5, 5.41) is 0. The van der Waals surface area contributed by atoms with Crippen molar-refractivity contribution < 1.29 is 26.6 Å². The number of unbranched alkanes of at least 4 members (excludes halogenated alkanes) is 9. The van der Waals surface area contributed by atoms with Crippen LogP contribution < -0.4 is 0 Å². The highest BCUT2D eigenvalue weighted by atomic mass is 28.4. The van der Waals surface area contributed by atoms with E-state index in [-0.39, 0.29) is 0 Å². The summed E-state index contributed by atoms with van der Waals surface area (Å²) < 4.78 is 33.9. The van der Waals surface area contributed by atoms with E-state index in [0.29, 0.717) is 5.41 Å². The monoisotopic (exact) mass is 594 g/mol. The molecule has 0 heterocycles. The molecule has 0 atom stereocenters. The largest absolute Gasteiger partial charge is 0.398 e. The van der Waals surface area contributed by atoms with Gasteiger partial charge in [0.2, 0.25) is 0 Å². The van der Waals surface area contributed by atoms with E-state index in [9.17, 15) is 0 Å². The van der Waals surface area contributed by atoms with Gasteiger partial charge in [0.25, 0.3) is 0 Å². The fraction of sp³-hybridized carbons (Fsp3) is 1.00. The lowest BCUT2D eigenvalue weighted by Gasteiger charge is -2.30. The van der Waals surface area contributed by atoms with Gasteiger partial charge in [0.1, 0.15) is 0 Å². The quantitative estimate of drug-likeness (QED) is 0.0699. The molecule has 0 spiro atoms. The Bertz CT molecular complexity index is 480. The number of hydrogen-bond acceptors (Lipinski definition) is 6. The first-order valence-corrected chi connectivity index (χ1v) is 22.9. The summed E-state index contributed by atoms with van der Waals surface area (Å²) >= 11 is 0. The molecule has 0 N–H and O–H groups in total. The fourth-order valence-electron chi connectivity index (χ4n) is 5.29. The molecule has 230 valence electrons. The second-order valence-corrected chi connectivity index (χ2v) is 22.9. The van der Waals surface area contributed by atoms with Crippen LogP contribution in [0.15, 0.2) is 0 Å². The summed E-state index contributed by atoms with van der Waals surface area (Å²) in [5.74, 6) is 0. The molecule has 0 rings (SSSR count). The van der Waals surface area contributed by atoms with Crippen molar-refractivity contribution in [2.24, 2.45) is 5.41 Å². The molecule has 0 aliphatic heterocycles. The molecule has 6 nitrogen and oxygen atoms in total. The maximum Gasteiger partial charge on any atom is 0.334 e. The van der Waals surface area contributed by atoms with Crippen molar-refractivity contribution in [2.75, 3.05) is 42.7 Å². The van der Waals surface area contributed by atoms with Crippen LogP contribution in [0.2, 0.25) is 37.8 Å². The molecule has 0 saturated heterocycles. The lowest BCUT2D eigenvalue weighted by atomic mass is 9.76. The Morgan fingerprint density at radius 3 is 0.789 bits per heavy atom. The Morgan fingerprint density at radius 1 is 0.368 bits per heavy atom. The predicted octanol–water partition coefficient (Wildman–Crippen LogP) is 8.94. The first kappa shape index (κ1) is 38.4. The summed E-state index contributed by atoms with van der Waals surface area (Å²) in [4.78, 5) is 0. The molecule has 0 aromatic heterocycles. The standard InChI is InChI=1S/C29H66O6Si3/c1-29(23-17-11-14-20-26-36(8,30-2)31-3,24-18-12-15-21-27-37(9,32-4)33-5)25-19-13-16-22-28-38(10,34-6)35-7/h11-28H2,1-10H3. The molecule has 0 aromatic rings. The normalized spacial score (nSPS) is 13.4. The minimum atomic E-state index is -1.91. The Balaban J connectivity index is 4.53. The first-order chi connectivity index (χ1) is 18.0. The Labute approximate surface area is 241 Å². The summed E-state index contributed by atoms with van der Waals surface area (Å²) in [6.07, 6.45) is 19.6. The van der Waals surface area contributed by atoms with Gasteiger partial charge in [0.05, 0.1) is 0 Å². The number of rotatable bonds is 27. The average Bonchev–Trinajstić information content (AvgIpc) is 2.94. The predicted molar refractivity (Wildman–Crippen MR) is 169 cm³/mol. The minimum absolute atomic E-state index is 0.465. The summed E-state index contributed by atoms with van der Waals surface area (Å²) in [6.45, 7) is 9.08. The smallest absolute Gasteiger partial charge is 0.334 e. The highest BCUT2D eigenvalue weighted by Gasteiger charge is 2.29. The zero-order valence-corrected chi connectivity index (χ0v) is 30.2. The van der Waals surface area contributed by atoms with Crippen LogP contribution in [0, 0.1) is 5.41 Å². The lowest BCUT2D eigenvalue weighted by Crippen LogP contribution is -2.35. The van der Waals surface area contributed by atoms with Gasteiger partial charge in [-0.15, -0.1) is 0 Å². The topological polar surface area (TPSA) is 55.4 Å². The maximum atomic E-state index is 5.65. The van der Waals surface area contributed by atoms with E-state index in [1.54, 1.807) is 42.7 Å². The van der Waals surface area contributed by atoms with Crippen molar-refractivity contribution in [1.82, 2.24) is 0 Å². The van der Waals surface area contributed by atoms with Crippen molar-refractivity contribution >= 4 is 25.7 Å². The molecule has 0 fully saturated rings. The van der Waals surface area contributed by atoms with Gasteiger partial charge in [-0.1, -0.05) is 84.0 Å². The second kappa shape index (κ2) is 21.2. The van der Waals surface area contributed by atoms with E-state index >= 15 is 0 Å². The molecule has 38 heavy (non-hydrogen) atoms. The summed E-state index contributed by atoms with van der Waals surface area (Å²) in [6, 6.07) is 3.29. The molecule has 0 aliphatic carbocycles. The third-order valence-electron chi connectivity index (χ3n) is 9.07. The third kappa shape index (κ3) is 17.3. The fourth-order valence-corrected chi connectivity index (χ4v) is 9.69. The van der Waals surface area contributed by atoms with Gasteiger partial charge in [-0.25, -0.2) is 0 Å². The van der Waals surface area contributed by atoms with E-state index in [0.717, 1.165) is 18.1 Å². The van der Waals surface area contributed by atoms with Crippen molar-refractivity contribution in [3.63, 3.8) is 0 Å². The van der Waals surface area contributed by atoms with E-state index in [1.807, 2.05) is 0 Å². The van der Waals surface area contributed by atoms with Gasteiger partial charge in [0.15, 0.2) is 0 Å². The van der Waals surface area contributed by atoms with Crippen LogP contribution in [0.3, 0.4) is 0 Å². The second-order valence-electron chi connectivity index (χ2n) is 12.2. The van der Waals surface area contributed by atoms with Gasteiger partial charge in [-0.05, 0) is 62.5 Å². The van der Waals surface area contributed by atoms with Crippen LogP contribution in [-0.2, 0) is 26.6 Å². The molecular formula is C29H66O6Si3. The zero-order valence-electron chi connectivity index (χ0n) is 27.2.